The van der Waals surface area contributed by atoms with Gasteiger partial charge in [-0.3, -0.25) is 0 Å². The van der Waals surface area contributed by atoms with Crippen LogP contribution < -0.4 is 5.32 Å². The lowest BCUT2D eigenvalue weighted by Gasteiger charge is -2.54. The zero-order valence-corrected chi connectivity index (χ0v) is 22.5. The molecule has 0 spiro atoms. The van der Waals surface area contributed by atoms with Crippen LogP contribution in [0.1, 0.15) is 135 Å². The van der Waals surface area contributed by atoms with Gasteiger partial charge in [-0.25, -0.2) is 0 Å². The number of fused-ring (bicyclic) bond motifs is 7. The van der Waals surface area contributed by atoms with Crippen molar-refractivity contribution in [1.82, 2.24) is 5.32 Å². The zero-order chi connectivity index (χ0) is 22.9. The van der Waals surface area contributed by atoms with Crippen LogP contribution >= 0.6 is 0 Å². The van der Waals surface area contributed by atoms with Gasteiger partial charge in [-0.2, -0.15) is 0 Å². The van der Waals surface area contributed by atoms with Gasteiger partial charge in [0, 0.05) is 12.1 Å². The van der Waals surface area contributed by atoms with Gasteiger partial charge in [0.25, 0.3) is 0 Å². The van der Waals surface area contributed by atoms with Crippen molar-refractivity contribution in [1.29, 1.82) is 0 Å². The molecule has 9 unspecified atom stereocenters. The fourth-order valence-electron chi connectivity index (χ4n) is 10.3. The Morgan fingerprint density at radius 2 is 1.56 bits per heavy atom. The number of rotatable bonds is 4. The van der Waals surface area contributed by atoms with E-state index in [0.29, 0.717) is 0 Å². The van der Waals surface area contributed by atoms with Crippen LogP contribution in [0, 0.1) is 47.3 Å². The first-order valence-electron chi connectivity index (χ1n) is 16.2. The van der Waals surface area contributed by atoms with Gasteiger partial charge >= 0.3 is 0 Å². The molecule has 0 heterocycles. The Hall–Kier alpha value is -0.300. The van der Waals surface area contributed by atoms with Gasteiger partial charge in [0.15, 0.2) is 0 Å². The normalized spacial score (nSPS) is 47.4. The lowest BCUT2D eigenvalue weighted by molar-refractivity contribution is -0.00324. The molecule has 0 aromatic rings. The molecule has 0 aromatic carbocycles. The maximum atomic E-state index is 4.17. The Kier molecular flexibility index (Phi) is 7.77. The highest BCUT2D eigenvalue weighted by molar-refractivity contribution is 5.16. The first-order chi connectivity index (χ1) is 16.8. The SMILES string of the molecule is CC(C[C@H]1CCCCCC2C3CCCCC/C=C\3C3CCCCC(C3)CC21)NC1CC2CCC21. The third-order valence-corrected chi connectivity index (χ3v) is 12.1. The van der Waals surface area contributed by atoms with Gasteiger partial charge in [-0.05, 0) is 125 Å². The van der Waals surface area contributed by atoms with Crippen molar-refractivity contribution in [3.63, 3.8) is 0 Å². The third kappa shape index (κ3) is 5.08. The van der Waals surface area contributed by atoms with Crippen molar-refractivity contribution in [3.05, 3.63) is 11.6 Å². The molecule has 2 bridgehead atoms. The molecule has 0 radical (unpaired) electrons. The molecule has 1 N–H and O–H groups in total. The second-order valence-electron chi connectivity index (χ2n) is 14.1. The largest absolute Gasteiger partial charge is 0.311 e. The van der Waals surface area contributed by atoms with Crippen molar-refractivity contribution in [2.45, 2.75) is 147 Å². The van der Waals surface area contributed by atoms with E-state index in [2.05, 4.69) is 18.3 Å². The Labute approximate surface area is 211 Å². The molecule has 6 aliphatic rings. The van der Waals surface area contributed by atoms with E-state index in [1.165, 1.54) is 103 Å². The number of allylic oxidation sites excluding steroid dienone is 2. The van der Waals surface area contributed by atoms with E-state index in [1.807, 2.05) is 5.57 Å². The van der Waals surface area contributed by atoms with Crippen LogP contribution in [0.2, 0.25) is 0 Å². The molecule has 6 rings (SSSR count). The second kappa shape index (κ2) is 11.0. The predicted octanol–water partition coefficient (Wildman–Crippen LogP) is 9.07. The fourth-order valence-corrected chi connectivity index (χ4v) is 10.3. The van der Waals surface area contributed by atoms with Crippen LogP contribution in [0.25, 0.3) is 0 Å². The van der Waals surface area contributed by atoms with Gasteiger partial charge in [-0.1, -0.05) is 69.4 Å². The first kappa shape index (κ1) is 24.1. The molecular formula is C33H55N. The minimum atomic E-state index is 0.733. The molecule has 1 heteroatoms. The lowest BCUT2D eigenvalue weighted by Crippen LogP contribution is -2.57. The molecule has 5 saturated carbocycles. The van der Waals surface area contributed by atoms with E-state index < -0.39 is 0 Å². The highest BCUT2D eigenvalue weighted by atomic mass is 15.0. The maximum absolute atomic E-state index is 4.17. The van der Waals surface area contributed by atoms with E-state index in [1.54, 1.807) is 25.7 Å². The van der Waals surface area contributed by atoms with Crippen LogP contribution in [0.15, 0.2) is 11.6 Å². The highest BCUT2D eigenvalue weighted by Crippen LogP contribution is 2.53. The monoisotopic (exact) mass is 465 g/mol. The minimum Gasteiger partial charge on any atom is -0.311 e. The summed E-state index contributed by atoms with van der Waals surface area (Å²) in [4.78, 5) is 0. The van der Waals surface area contributed by atoms with Crippen LogP contribution in [0.5, 0.6) is 0 Å². The van der Waals surface area contributed by atoms with Crippen molar-refractivity contribution in [3.8, 4) is 0 Å². The Balaban J connectivity index is 1.25. The van der Waals surface area contributed by atoms with Crippen LogP contribution in [0.4, 0.5) is 0 Å². The van der Waals surface area contributed by atoms with Gasteiger partial charge in [-0.15, -0.1) is 0 Å². The van der Waals surface area contributed by atoms with E-state index >= 15 is 0 Å². The molecule has 192 valence electrons. The standard InChI is InChI=1S/C33H55N/c1-23(34-33-22-27-17-18-29(27)33)19-25-12-5-4-8-16-31-30-15-7-3-2-6-14-28(30)26-13-10-9-11-24(20-26)21-32(25)31/h14,23-27,29-34H,2-13,15-22H2,1H3/b28-14-/t23?,24?,25-,26?,27?,29?,30?,31?,32?,33?/m1/s1. The summed E-state index contributed by atoms with van der Waals surface area (Å²) < 4.78 is 0. The van der Waals surface area contributed by atoms with Crippen molar-refractivity contribution >= 4 is 0 Å². The quantitative estimate of drug-likeness (QED) is 0.408. The lowest BCUT2D eigenvalue weighted by atomic mass is 9.56. The average Bonchev–Trinajstić information content (AvgIpc) is 3.02. The molecule has 5 fully saturated rings. The minimum absolute atomic E-state index is 0.733. The Morgan fingerprint density at radius 1 is 0.735 bits per heavy atom. The molecule has 6 aliphatic carbocycles. The van der Waals surface area contributed by atoms with Gasteiger partial charge < -0.3 is 5.32 Å². The van der Waals surface area contributed by atoms with Crippen molar-refractivity contribution in [2.75, 3.05) is 0 Å². The summed E-state index contributed by atoms with van der Waals surface area (Å²) in [5.41, 5.74) is 2.01. The topological polar surface area (TPSA) is 12.0 Å². The molecule has 34 heavy (non-hydrogen) atoms. The summed E-state index contributed by atoms with van der Waals surface area (Å²) in [7, 11) is 0. The van der Waals surface area contributed by atoms with E-state index in [-0.39, 0.29) is 0 Å². The Bertz CT molecular complexity index is 695. The third-order valence-electron chi connectivity index (χ3n) is 12.1. The smallest absolute Gasteiger partial charge is 0.0103 e. The van der Waals surface area contributed by atoms with Gasteiger partial charge in [0.05, 0.1) is 0 Å². The van der Waals surface area contributed by atoms with Crippen LogP contribution in [-0.2, 0) is 0 Å². The fraction of sp³-hybridized carbons (Fsp3) is 0.939. The van der Waals surface area contributed by atoms with Gasteiger partial charge in [0.1, 0.15) is 0 Å². The van der Waals surface area contributed by atoms with Crippen LogP contribution in [0.3, 0.4) is 0 Å². The molecule has 0 aliphatic heterocycles. The maximum Gasteiger partial charge on any atom is 0.0103 e. The van der Waals surface area contributed by atoms with Gasteiger partial charge in [0.2, 0.25) is 0 Å². The highest BCUT2D eigenvalue weighted by Gasteiger charge is 2.47. The van der Waals surface area contributed by atoms with E-state index in [0.717, 1.165) is 59.4 Å². The summed E-state index contributed by atoms with van der Waals surface area (Å²) in [6, 6.07) is 1.61. The average molecular weight is 466 g/mol. The van der Waals surface area contributed by atoms with Crippen molar-refractivity contribution in [2.24, 2.45) is 47.3 Å². The van der Waals surface area contributed by atoms with Crippen molar-refractivity contribution < 1.29 is 0 Å². The summed E-state index contributed by atoms with van der Waals surface area (Å²) in [5.74, 6) is 8.09. The van der Waals surface area contributed by atoms with Crippen LogP contribution in [-0.4, -0.2) is 12.1 Å². The molecule has 10 atom stereocenters. The first-order valence-corrected chi connectivity index (χ1v) is 16.2. The predicted molar refractivity (Wildman–Crippen MR) is 145 cm³/mol. The number of hydrogen-bond donors (Lipinski definition) is 1. The summed E-state index contributed by atoms with van der Waals surface area (Å²) in [6.07, 6.45) is 33.1. The summed E-state index contributed by atoms with van der Waals surface area (Å²) in [6.45, 7) is 2.56. The molecule has 1 nitrogen and oxygen atoms in total. The van der Waals surface area contributed by atoms with E-state index in [9.17, 15) is 0 Å². The number of hydrogen-bond acceptors (Lipinski definition) is 1. The summed E-state index contributed by atoms with van der Waals surface area (Å²) in [5, 5.41) is 4.17. The van der Waals surface area contributed by atoms with E-state index in [4.69, 9.17) is 0 Å². The number of nitrogens with one attached hydrogen (secondary N) is 1. The zero-order valence-electron chi connectivity index (χ0n) is 22.5. The second-order valence-corrected chi connectivity index (χ2v) is 14.1. The Morgan fingerprint density at radius 3 is 2.41 bits per heavy atom. The molecular weight excluding hydrogens is 410 g/mol. The molecule has 0 amide bonds. The summed E-state index contributed by atoms with van der Waals surface area (Å²) >= 11 is 0. The molecule has 0 saturated heterocycles. The molecule has 0 aromatic heterocycles.